The topological polar surface area (TPSA) is 37.3 Å². The van der Waals surface area contributed by atoms with Crippen LogP contribution in [0.25, 0.3) is 0 Å². The summed E-state index contributed by atoms with van der Waals surface area (Å²) in [6, 6.07) is 4.54. The fourth-order valence-electron chi connectivity index (χ4n) is 2.90. The van der Waals surface area contributed by atoms with E-state index in [1.165, 1.54) is 28.5 Å². The maximum absolute atomic E-state index is 12.8. The minimum Gasteiger partial charge on any atom is -0.392 e. The molecule has 0 aliphatic heterocycles. The van der Waals surface area contributed by atoms with Crippen molar-refractivity contribution in [3.8, 4) is 0 Å². The van der Waals surface area contributed by atoms with Gasteiger partial charge in [0.15, 0.2) is 5.12 Å². The first kappa shape index (κ1) is 22.2. The lowest BCUT2D eigenvalue weighted by atomic mass is 9.89. The Kier molecular flexibility index (Phi) is 8.70. The van der Waals surface area contributed by atoms with Gasteiger partial charge in [0.05, 0.1) is 12.0 Å². The van der Waals surface area contributed by atoms with Crippen LogP contribution in [0.4, 0.5) is 0 Å². The predicted octanol–water partition coefficient (Wildman–Crippen LogP) is 6.47. The molecule has 2 atom stereocenters. The number of benzene rings is 1. The van der Waals surface area contributed by atoms with Crippen LogP contribution in [0, 0.1) is 5.92 Å². The zero-order valence-electron chi connectivity index (χ0n) is 17.2. The molecule has 0 saturated carbocycles. The molecule has 0 unspecified atom stereocenters. The maximum atomic E-state index is 12.8. The van der Waals surface area contributed by atoms with E-state index in [9.17, 15) is 9.90 Å². The van der Waals surface area contributed by atoms with Gasteiger partial charge in [0.1, 0.15) is 0 Å². The van der Waals surface area contributed by atoms with Gasteiger partial charge in [-0.05, 0) is 40.9 Å². The zero-order valence-corrected chi connectivity index (χ0v) is 18.0. The fraction of sp³-hybridized carbons (Fsp3) is 0.682. The fourth-order valence-corrected chi connectivity index (χ4v) is 4.27. The third-order valence-electron chi connectivity index (χ3n) is 4.82. The highest BCUT2D eigenvalue weighted by atomic mass is 32.2. The summed E-state index contributed by atoms with van der Waals surface area (Å²) < 4.78 is 0. The van der Waals surface area contributed by atoms with E-state index in [1.807, 2.05) is 13.8 Å². The van der Waals surface area contributed by atoms with Crippen molar-refractivity contribution >= 4 is 16.9 Å². The van der Waals surface area contributed by atoms with Crippen LogP contribution in [0.15, 0.2) is 17.0 Å². The van der Waals surface area contributed by atoms with Crippen LogP contribution in [0.2, 0.25) is 0 Å². The molecule has 0 radical (unpaired) electrons. The number of aliphatic hydroxyl groups is 1. The molecule has 0 aliphatic carbocycles. The highest BCUT2D eigenvalue weighted by Crippen LogP contribution is 2.39. The van der Waals surface area contributed by atoms with Crippen LogP contribution in [-0.2, 0) is 4.79 Å². The van der Waals surface area contributed by atoms with Gasteiger partial charge in [0.2, 0.25) is 0 Å². The van der Waals surface area contributed by atoms with Gasteiger partial charge in [0, 0.05) is 4.90 Å². The van der Waals surface area contributed by atoms with E-state index >= 15 is 0 Å². The first-order chi connectivity index (χ1) is 11.6. The highest BCUT2D eigenvalue weighted by Gasteiger charge is 2.26. The van der Waals surface area contributed by atoms with Crippen molar-refractivity contribution in [1.82, 2.24) is 0 Å². The molecule has 2 nitrogen and oxygen atoms in total. The lowest BCUT2D eigenvalue weighted by molar-refractivity contribution is -0.117. The van der Waals surface area contributed by atoms with Gasteiger partial charge in [-0.25, -0.2) is 0 Å². The van der Waals surface area contributed by atoms with Gasteiger partial charge < -0.3 is 5.11 Å². The summed E-state index contributed by atoms with van der Waals surface area (Å²) in [5.41, 5.74) is 3.85. The van der Waals surface area contributed by atoms with Gasteiger partial charge >= 0.3 is 0 Å². The van der Waals surface area contributed by atoms with Crippen molar-refractivity contribution in [3.63, 3.8) is 0 Å². The smallest absolute Gasteiger partial charge is 0.199 e. The number of thioether (sulfide) groups is 1. The molecule has 1 aromatic carbocycles. The molecule has 0 aromatic heterocycles. The van der Waals surface area contributed by atoms with E-state index in [-0.39, 0.29) is 11.0 Å². The molecule has 25 heavy (non-hydrogen) atoms. The Bertz CT molecular complexity index is 546. The van der Waals surface area contributed by atoms with Crippen molar-refractivity contribution in [2.75, 3.05) is 0 Å². The molecule has 0 saturated heterocycles. The van der Waals surface area contributed by atoms with Crippen LogP contribution in [0.1, 0.15) is 103 Å². The summed E-state index contributed by atoms with van der Waals surface area (Å²) in [5.74, 6) is 0.856. The monoisotopic (exact) mass is 364 g/mol. The predicted molar refractivity (Wildman–Crippen MR) is 110 cm³/mol. The van der Waals surface area contributed by atoms with Crippen molar-refractivity contribution in [1.29, 1.82) is 0 Å². The Balaban J connectivity index is 3.30. The Morgan fingerprint density at radius 1 is 0.960 bits per heavy atom. The van der Waals surface area contributed by atoms with Gasteiger partial charge in [-0.3, -0.25) is 4.79 Å². The second kappa shape index (κ2) is 9.78. The van der Waals surface area contributed by atoms with E-state index in [1.54, 1.807) is 0 Å². The van der Waals surface area contributed by atoms with Crippen molar-refractivity contribution in [3.05, 3.63) is 28.8 Å². The molecular weight excluding hydrogens is 328 g/mol. The maximum Gasteiger partial charge on any atom is 0.199 e. The molecule has 0 spiro atoms. The zero-order chi connectivity index (χ0) is 19.3. The average molecular weight is 365 g/mol. The molecule has 1 N–H and O–H groups in total. The van der Waals surface area contributed by atoms with Crippen LogP contribution in [0.3, 0.4) is 0 Å². The molecule has 0 heterocycles. The van der Waals surface area contributed by atoms with E-state index in [0.717, 1.165) is 11.3 Å². The number of carbonyl (C=O) groups is 1. The molecular formula is C22H36O2S. The largest absolute Gasteiger partial charge is 0.392 e. The van der Waals surface area contributed by atoms with Crippen LogP contribution in [0.5, 0.6) is 0 Å². The van der Waals surface area contributed by atoms with E-state index in [2.05, 4.69) is 53.7 Å². The van der Waals surface area contributed by atoms with Gasteiger partial charge in [-0.15, -0.1) is 0 Å². The molecule has 142 valence electrons. The Labute approximate surface area is 158 Å². The van der Waals surface area contributed by atoms with E-state index in [0.29, 0.717) is 24.2 Å². The standard InChI is InChI=1S/C22H36O2S/c1-9-10-20(23)16(8)22(24)25-21-18(14(4)5)11-17(13(2)3)12-19(21)15(6)7/h11-16,20,23H,9-10H2,1-8H3/t16-,20+/m0/s1. The van der Waals surface area contributed by atoms with Crippen LogP contribution >= 0.6 is 11.8 Å². The SMILES string of the molecule is CCC[C@@H](O)[C@H](C)C(=O)Sc1c(C(C)C)cc(C(C)C)cc1C(C)C. The summed E-state index contributed by atoms with van der Waals surface area (Å²) in [5, 5.41) is 10.3. The summed E-state index contributed by atoms with van der Waals surface area (Å²) in [6.07, 6.45) is 1.01. The van der Waals surface area contributed by atoms with Crippen LogP contribution < -0.4 is 0 Å². The molecule has 3 heteroatoms. The van der Waals surface area contributed by atoms with Crippen molar-refractivity contribution in [2.24, 2.45) is 5.92 Å². The lowest BCUT2D eigenvalue weighted by Gasteiger charge is -2.23. The minimum absolute atomic E-state index is 0.0713. The molecule has 0 fully saturated rings. The third kappa shape index (κ3) is 5.86. The third-order valence-corrected chi connectivity index (χ3v) is 6.06. The highest BCUT2D eigenvalue weighted by molar-refractivity contribution is 8.13. The van der Waals surface area contributed by atoms with Gasteiger partial charge in [-0.2, -0.15) is 0 Å². The first-order valence-corrected chi connectivity index (χ1v) is 10.5. The number of hydrogen-bond acceptors (Lipinski definition) is 3. The minimum atomic E-state index is -0.551. The average Bonchev–Trinajstić information content (AvgIpc) is 2.53. The van der Waals surface area contributed by atoms with E-state index < -0.39 is 6.10 Å². The summed E-state index contributed by atoms with van der Waals surface area (Å²) in [4.78, 5) is 13.9. The van der Waals surface area contributed by atoms with E-state index in [4.69, 9.17) is 0 Å². The Morgan fingerprint density at radius 3 is 1.80 bits per heavy atom. The number of rotatable bonds is 8. The Morgan fingerprint density at radius 2 is 1.44 bits per heavy atom. The first-order valence-electron chi connectivity index (χ1n) is 9.67. The number of carbonyl (C=O) groups excluding carboxylic acids is 1. The van der Waals surface area contributed by atoms with Gasteiger partial charge in [0.25, 0.3) is 0 Å². The second-order valence-corrected chi connectivity index (χ2v) is 9.07. The molecule has 1 rings (SSSR count). The molecule has 0 amide bonds. The molecule has 1 aromatic rings. The van der Waals surface area contributed by atoms with Gasteiger partial charge in [-0.1, -0.05) is 85.7 Å². The summed E-state index contributed by atoms with van der Waals surface area (Å²) in [6.45, 7) is 17.1. The number of aliphatic hydroxyl groups excluding tert-OH is 1. The van der Waals surface area contributed by atoms with Crippen LogP contribution in [-0.4, -0.2) is 16.3 Å². The lowest BCUT2D eigenvalue weighted by Crippen LogP contribution is -2.23. The van der Waals surface area contributed by atoms with Crippen molar-refractivity contribution < 1.29 is 9.90 Å². The second-order valence-electron chi connectivity index (χ2n) is 8.06. The van der Waals surface area contributed by atoms with Crippen molar-refractivity contribution in [2.45, 2.75) is 97.0 Å². The quantitative estimate of drug-likeness (QED) is 0.537. The molecule has 0 aliphatic rings. The Hall–Kier alpha value is -0.800. The normalized spacial score (nSPS) is 14.4. The number of hydrogen-bond donors (Lipinski definition) is 1. The summed E-state index contributed by atoms with van der Waals surface area (Å²) >= 11 is 1.34. The summed E-state index contributed by atoms with van der Waals surface area (Å²) in [7, 11) is 0. The molecule has 0 bridgehead atoms.